The zero-order valence-electron chi connectivity index (χ0n) is 18.1. The first kappa shape index (κ1) is 21.8. The van der Waals surface area contributed by atoms with Gasteiger partial charge in [-0.2, -0.15) is 0 Å². The quantitative estimate of drug-likeness (QED) is 0.782. The summed E-state index contributed by atoms with van der Waals surface area (Å²) in [7, 11) is 0. The summed E-state index contributed by atoms with van der Waals surface area (Å²) in [4.78, 5) is 40.6. The van der Waals surface area contributed by atoms with Crippen LogP contribution in [0.25, 0.3) is 0 Å². The van der Waals surface area contributed by atoms with E-state index in [1.165, 1.54) is 19.1 Å². The summed E-state index contributed by atoms with van der Waals surface area (Å²) in [5, 5.41) is 2.58. The molecule has 1 N–H and O–H groups in total. The number of amides is 3. The van der Waals surface area contributed by atoms with Crippen molar-refractivity contribution >= 4 is 23.6 Å². The molecule has 0 aromatic heterocycles. The predicted octanol–water partition coefficient (Wildman–Crippen LogP) is 3.97. The van der Waals surface area contributed by atoms with Gasteiger partial charge in [0.15, 0.2) is 0 Å². The average Bonchev–Trinajstić information content (AvgIpc) is 3.09. The van der Waals surface area contributed by atoms with Crippen molar-refractivity contribution in [3.63, 3.8) is 0 Å². The standard InChI is InChI=1S/C24H26FN3O4/c1-15-22(17-6-4-3-5-7-17)32-24(31)28(15)19-10-12-27(13-11-19)23(30)20-14-18(25)8-9-21(20)26-16(2)29/h3-9,14-15,19,22H,10-13H2,1-2H3,(H,26,29)/t15-,22-/m0/s1. The summed E-state index contributed by atoms with van der Waals surface area (Å²) >= 11 is 0. The molecule has 2 aliphatic rings. The Morgan fingerprint density at radius 1 is 1.09 bits per heavy atom. The van der Waals surface area contributed by atoms with E-state index in [0.29, 0.717) is 25.9 Å². The molecule has 168 valence electrons. The van der Waals surface area contributed by atoms with Crippen molar-refractivity contribution < 1.29 is 23.5 Å². The Balaban J connectivity index is 1.43. The van der Waals surface area contributed by atoms with Crippen LogP contribution in [0.1, 0.15) is 48.7 Å². The summed E-state index contributed by atoms with van der Waals surface area (Å²) in [5.74, 6) is -1.22. The first-order valence-electron chi connectivity index (χ1n) is 10.8. The summed E-state index contributed by atoms with van der Waals surface area (Å²) in [6.07, 6.45) is 0.527. The molecule has 8 heteroatoms. The van der Waals surface area contributed by atoms with Crippen LogP contribution in [0.2, 0.25) is 0 Å². The summed E-state index contributed by atoms with van der Waals surface area (Å²) in [6.45, 7) is 4.16. The number of ether oxygens (including phenoxy) is 1. The van der Waals surface area contributed by atoms with E-state index in [1.807, 2.05) is 37.3 Å². The van der Waals surface area contributed by atoms with Crippen LogP contribution in [0.5, 0.6) is 0 Å². The molecule has 2 heterocycles. The van der Waals surface area contributed by atoms with Crippen LogP contribution >= 0.6 is 0 Å². The van der Waals surface area contributed by atoms with E-state index in [-0.39, 0.29) is 47.3 Å². The maximum Gasteiger partial charge on any atom is 0.411 e. The molecule has 0 spiro atoms. The fourth-order valence-corrected chi connectivity index (χ4v) is 4.56. The highest BCUT2D eigenvalue weighted by molar-refractivity contribution is 6.03. The molecule has 3 amide bonds. The number of anilines is 1. The topological polar surface area (TPSA) is 79.0 Å². The van der Waals surface area contributed by atoms with Gasteiger partial charge >= 0.3 is 6.09 Å². The molecule has 2 fully saturated rings. The zero-order chi connectivity index (χ0) is 22.8. The van der Waals surface area contributed by atoms with Crippen molar-refractivity contribution in [2.75, 3.05) is 18.4 Å². The van der Waals surface area contributed by atoms with E-state index >= 15 is 0 Å². The van der Waals surface area contributed by atoms with Gasteiger partial charge in [0.05, 0.1) is 17.3 Å². The van der Waals surface area contributed by atoms with Crippen LogP contribution < -0.4 is 5.32 Å². The second kappa shape index (κ2) is 8.98. The molecule has 2 saturated heterocycles. The first-order valence-corrected chi connectivity index (χ1v) is 10.8. The molecule has 0 bridgehead atoms. The Labute approximate surface area is 186 Å². The van der Waals surface area contributed by atoms with Gasteiger partial charge in [-0.25, -0.2) is 9.18 Å². The van der Waals surface area contributed by atoms with Crippen LogP contribution in [0.15, 0.2) is 48.5 Å². The number of nitrogens with zero attached hydrogens (tertiary/aromatic N) is 2. The Bertz CT molecular complexity index is 1020. The number of cyclic esters (lactones) is 1. The Morgan fingerprint density at radius 3 is 2.44 bits per heavy atom. The Kier molecular flexibility index (Phi) is 6.12. The minimum absolute atomic E-state index is 0.0439. The van der Waals surface area contributed by atoms with Crippen LogP contribution in [0, 0.1) is 5.82 Å². The molecule has 2 aromatic carbocycles. The van der Waals surface area contributed by atoms with E-state index in [2.05, 4.69) is 5.32 Å². The van der Waals surface area contributed by atoms with Gasteiger partial charge in [-0.05, 0) is 43.5 Å². The molecular weight excluding hydrogens is 413 g/mol. The fraction of sp³-hybridized carbons (Fsp3) is 0.375. The van der Waals surface area contributed by atoms with Gasteiger partial charge in [0.25, 0.3) is 5.91 Å². The Hall–Kier alpha value is -3.42. The number of halogens is 1. The normalized spacial score (nSPS) is 21.4. The molecular formula is C24H26FN3O4. The van der Waals surface area contributed by atoms with E-state index in [1.54, 1.807) is 9.80 Å². The largest absolute Gasteiger partial charge is 0.439 e. The van der Waals surface area contributed by atoms with Crippen molar-refractivity contribution in [1.29, 1.82) is 0 Å². The smallest absolute Gasteiger partial charge is 0.411 e. The van der Waals surface area contributed by atoms with Gasteiger partial charge in [-0.3, -0.25) is 14.5 Å². The van der Waals surface area contributed by atoms with Crippen molar-refractivity contribution in [2.24, 2.45) is 0 Å². The lowest BCUT2D eigenvalue weighted by atomic mass is 9.98. The molecule has 4 rings (SSSR count). The maximum absolute atomic E-state index is 13.8. The van der Waals surface area contributed by atoms with E-state index in [0.717, 1.165) is 11.6 Å². The molecule has 0 saturated carbocycles. The number of piperidine rings is 1. The van der Waals surface area contributed by atoms with Crippen molar-refractivity contribution in [2.45, 2.75) is 44.9 Å². The van der Waals surface area contributed by atoms with E-state index in [4.69, 9.17) is 4.74 Å². The molecule has 32 heavy (non-hydrogen) atoms. The molecule has 0 radical (unpaired) electrons. The molecule has 2 atom stereocenters. The average molecular weight is 439 g/mol. The Morgan fingerprint density at radius 2 is 1.78 bits per heavy atom. The van der Waals surface area contributed by atoms with Gasteiger partial charge in [-0.15, -0.1) is 0 Å². The third-order valence-corrected chi connectivity index (χ3v) is 6.11. The summed E-state index contributed by atoms with van der Waals surface area (Å²) in [6, 6.07) is 13.2. The number of likely N-dealkylation sites (tertiary alicyclic amines) is 1. The minimum Gasteiger partial charge on any atom is -0.439 e. The minimum atomic E-state index is -0.544. The molecule has 0 aliphatic carbocycles. The second-order valence-corrected chi connectivity index (χ2v) is 8.26. The highest BCUT2D eigenvalue weighted by Gasteiger charge is 2.44. The monoisotopic (exact) mass is 439 g/mol. The third kappa shape index (κ3) is 4.30. The van der Waals surface area contributed by atoms with Gasteiger partial charge in [0.1, 0.15) is 11.9 Å². The van der Waals surface area contributed by atoms with Crippen LogP contribution in [0.4, 0.5) is 14.9 Å². The van der Waals surface area contributed by atoms with E-state index in [9.17, 15) is 18.8 Å². The molecule has 7 nitrogen and oxygen atoms in total. The van der Waals surface area contributed by atoms with Crippen LogP contribution in [-0.2, 0) is 9.53 Å². The van der Waals surface area contributed by atoms with Crippen LogP contribution in [0.3, 0.4) is 0 Å². The second-order valence-electron chi connectivity index (χ2n) is 8.26. The number of benzene rings is 2. The number of rotatable bonds is 4. The number of nitrogens with one attached hydrogen (secondary N) is 1. The van der Waals surface area contributed by atoms with Gasteiger partial charge in [0.2, 0.25) is 5.91 Å². The summed E-state index contributed by atoms with van der Waals surface area (Å²) < 4.78 is 19.5. The first-order chi connectivity index (χ1) is 15.3. The summed E-state index contributed by atoms with van der Waals surface area (Å²) in [5.41, 5.74) is 1.37. The van der Waals surface area contributed by atoms with Crippen LogP contribution in [-0.4, -0.2) is 52.9 Å². The number of carbonyl (C=O) groups excluding carboxylic acids is 3. The lowest BCUT2D eigenvalue weighted by molar-refractivity contribution is -0.114. The molecule has 0 unspecified atom stereocenters. The molecule has 2 aromatic rings. The fourth-order valence-electron chi connectivity index (χ4n) is 4.56. The predicted molar refractivity (Wildman–Crippen MR) is 117 cm³/mol. The number of carbonyl (C=O) groups is 3. The SMILES string of the molecule is CC(=O)Nc1ccc(F)cc1C(=O)N1CCC(N2C(=O)O[C@H](c3ccccc3)[C@@H]2C)CC1. The van der Waals surface area contributed by atoms with Crippen molar-refractivity contribution in [3.05, 3.63) is 65.5 Å². The maximum atomic E-state index is 13.8. The lowest BCUT2D eigenvalue weighted by Crippen LogP contribution is -2.49. The van der Waals surface area contributed by atoms with E-state index < -0.39 is 5.82 Å². The lowest BCUT2D eigenvalue weighted by Gasteiger charge is -2.37. The number of hydrogen-bond acceptors (Lipinski definition) is 4. The zero-order valence-corrected chi connectivity index (χ0v) is 18.1. The van der Waals surface area contributed by atoms with Gasteiger partial charge in [0, 0.05) is 26.1 Å². The third-order valence-electron chi connectivity index (χ3n) is 6.11. The van der Waals surface area contributed by atoms with Gasteiger partial charge < -0.3 is 15.0 Å². The number of hydrogen-bond donors (Lipinski definition) is 1. The van der Waals surface area contributed by atoms with Crippen molar-refractivity contribution in [1.82, 2.24) is 9.80 Å². The molecule has 2 aliphatic heterocycles. The van der Waals surface area contributed by atoms with Crippen molar-refractivity contribution in [3.8, 4) is 0 Å². The highest BCUT2D eigenvalue weighted by Crippen LogP contribution is 2.36. The van der Waals surface area contributed by atoms with Gasteiger partial charge in [-0.1, -0.05) is 30.3 Å². The highest BCUT2D eigenvalue weighted by atomic mass is 19.1.